The molecule has 1 aromatic carbocycles. The molecular formula is C12H10N2O6S. The molecule has 0 bridgehead atoms. The molecule has 0 radical (unpaired) electrons. The van der Waals surface area contributed by atoms with E-state index in [0.717, 1.165) is 4.57 Å². The zero-order valence-electron chi connectivity index (χ0n) is 10.8. The molecule has 0 saturated carbocycles. The zero-order valence-corrected chi connectivity index (χ0v) is 11.6. The fourth-order valence-electron chi connectivity index (χ4n) is 1.85. The lowest BCUT2D eigenvalue weighted by Gasteiger charge is -2.07. The second-order valence-corrected chi connectivity index (χ2v) is 4.97. The summed E-state index contributed by atoms with van der Waals surface area (Å²) < 4.78 is 6.02. The van der Waals surface area contributed by atoms with Crippen LogP contribution in [0.15, 0.2) is 29.1 Å². The molecule has 8 nitrogen and oxygen atoms in total. The van der Waals surface area contributed by atoms with Crippen molar-refractivity contribution in [1.29, 1.82) is 0 Å². The van der Waals surface area contributed by atoms with E-state index in [2.05, 4.69) is 0 Å². The Labute approximate surface area is 122 Å². The first-order valence-corrected chi connectivity index (χ1v) is 6.48. The van der Waals surface area contributed by atoms with E-state index in [-0.39, 0.29) is 28.6 Å². The van der Waals surface area contributed by atoms with E-state index >= 15 is 0 Å². The summed E-state index contributed by atoms with van der Waals surface area (Å²) >= 11 is 0.556. The van der Waals surface area contributed by atoms with Gasteiger partial charge in [0.1, 0.15) is 11.6 Å². The number of methoxy groups -OCH3 is 1. The Morgan fingerprint density at radius 1 is 1.52 bits per heavy atom. The fraction of sp³-hybridized carbons (Fsp3) is 0.167. The second kappa shape index (κ2) is 5.85. The molecule has 1 N–H and O–H groups in total. The fourth-order valence-corrected chi connectivity index (χ4v) is 2.69. The van der Waals surface area contributed by atoms with Crippen LogP contribution >= 0.6 is 11.3 Å². The van der Waals surface area contributed by atoms with Crippen molar-refractivity contribution in [2.75, 3.05) is 7.11 Å². The summed E-state index contributed by atoms with van der Waals surface area (Å²) in [6.45, 7) is -0.138. The third-order valence-corrected chi connectivity index (χ3v) is 3.64. The Balaban J connectivity index is 2.71. The van der Waals surface area contributed by atoms with Crippen LogP contribution in [0.5, 0.6) is 0 Å². The number of non-ortho nitro benzene ring substituents is 1. The number of thiazole rings is 1. The van der Waals surface area contributed by atoms with Gasteiger partial charge >= 0.3 is 10.8 Å². The molecule has 0 spiro atoms. The highest BCUT2D eigenvalue weighted by atomic mass is 32.1. The van der Waals surface area contributed by atoms with Gasteiger partial charge < -0.3 is 9.84 Å². The van der Waals surface area contributed by atoms with Gasteiger partial charge in [-0.15, -0.1) is 0 Å². The largest absolute Gasteiger partial charge is 0.477 e. The number of nitrogens with zero attached hydrogens (tertiary/aromatic N) is 2. The van der Waals surface area contributed by atoms with Gasteiger partial charge in [-0.05, 0) is 0 Å². The molecule has 0 saturated heterocycles. The molecule has 21 heavy (non-hydrogen) atoms. The first kappa shape index (κ1) is 14.9. The van der Waals surface area contributed by atoms with Gasteiger partial charge in [-0.25, -0.2) is 4.79 Å². The molecule has 2 rings (SSSR count). The number of benzene rings is 1. The summed E-state index contributed by atoms with van der Waals surface area (Å²) in [5.74, 6) is -1.27. The van der Waals surface area contributed by atoms with Gasteiger partial charge in [0.25, 0.3) is 5.69 Å². The van der Waals surface area contributed by atoms with Gasteiger partial charge in [-0.1, -0.05) is 23.5 Å². The van der Waals surface area contributed by atoms with E-state index in [1.165, 1.54) is 31.4 Å². The number of carboxylic acids is 1. The Morgan fingerprint density at radius 2 is 2.24 bits per heavy atom. The number of carbonyl (C=O) groups is 1. The van der Waals surface area contributed by atoms with Crippen molar-refractivity contribution in [2.24, 2.45) is 0 Å². The summed E-state index contributed by atoms with van der Waals surface area (Å²) in [4.78, 5) is 32.7. The number of rotatable bonds is 5. The van der Waals surface area contributed by atoms with Crippen LogP contribution in [0.3, 0.4) is 0 Å². The molecular weight excluding hydrogens is 300 g/mol. The molecule has 0 aliphatic heterocycles. The van der Waals surface area contributed by atoms with Gasteiger partial charge in [0, 0.05) is 24.8 Å². The van der Waals surface area contributed by atoms with Crippen molar-refractivity contribution >= 4 is 23.0 Å². The van der Waals surface area contributed by atoms with Crippen molar-refractivity contribution in [2.45, 2.75) is 6.73 Å². The number of nitro groups is 1. The zero-order chi connectivity index (χ0) is 15.6. The summed E-state index contributed by atoms with van der Waals surface area (Å²) in [7, 11) is 1.36. The maximum Gasteiger partial charge on any atom is 0.348 e. The molecule has 0 atom stereocenters. The summed E-state index contributed by atoms with van der Waals surface area (Å²) in [5, 5.41) is 20.0. The van der Waals surface area contributed by atoms with Crippen molar-refractivity contribution in [3.05, 3.63) is 48.9 Å². The maximum absolute atomic E-state index is 11.9. The number of ether oxygens (including phenoxy) is 1. The molecule has 110 valence electrons. The Bertz CT molecular complexity index is 763. The Morgan fingerprint density at radius 3 is 2.81 bits per heavy atom. The van der Waals surface area contributed by atoms with Crippen LogP contribution in [-0.2, 0) is 11.5 Å². The van der Waals surface area contributed by atoms with Crippen LogP contribution in [0.2, 0.25) is 0 Å². The molecule has 1 heterocycles. The minimum atomic E-state index is -1.27. The normalized spacial score (nSPS) is 10.5. The van der Waals surface area contributed by atoms with Crippen molar-refractivity contribution in [3.8, 4) is 11.3 Å². The van der Waals surface area contributed by atoms with E-state index < -0.39 is 15.8 Å². The average Bonchev–Trinajstić information content (AvgIpc) is 2.77. The molecule has 9 heteroatoms. The minimum absolute atomic E-state index is 0.100. The number of aromatic nitrogens is 1. The minimum Gasteiger partial charge on any atom is -0.477 e. The van der Waals surface area contributed by atoms with Crippen LogP contribution in [0.4, 0.5) is 5.69 Å². The summed E-state index contributed by atoms with van der Waals surface area (Å²) in [6, 6.07) is 5.45. The maximum atomic E-state index is 11.9. The number of hydrogen-bond donors (Lipinski definition) is 1. The predicted molar refractivity (Wildman–Crippen MR) is 74.6 cm³/mol. The standard InChI is InChI=1S/C12H10N2O6S/c1-20-6-13-9(10(11(15)16)21-12(13)17)7-3-2-4-8(5-7)14(18)19/h2-5H,6H2,1H3,(H,15,16). The molecule has 0 unspecified atom stereocenters. The van der Waals surface area contributed by atoms with Crippen LogP contribution in [0.25, 0.3) is 11.3 Å². The van der Waals surface area contributed by atoms with Gasteiger partial charge in [-0.3, -0.25) is 19.5 Å². The van der Waals surface area contributed by atoms with E-state index in [1.807, 2.05) is 0 Å². The third kappa shape index (κ3) is 2.83. The Kier molecular flexibility index (Phi) is 4.15. The lowest BCUT2D eigenvalue weighted by Crippen LogP contribution is -2.15. The first-order chi connectivity index (χ1) is 9.95. The molecule has 2 aromatic rings. The first-order valence-electron chi connectivity index (χ1n) is 5.66. The SMILES string of the molecule is COCn1c(-c2cccc([N+](=O)[O-])c2)c(C(=O)O)sc1=O. The average molecular weight is 310 g/mol. The van der Waals surface area contributed by atoms with Gasteiger partial charge in [0.15, 0.2) is 0 Å². The lowest BCUT2D eigenvalue weighted by molar-refractivity contribution is -0.384. The molecule has 0 fully saturated rings. The van der Waals surface area contributed by atoms with Crippen molar-refractivity contribution in [1.82, 2.24) is 4.57 Å². The number of aromatic carboxylic acids is 1. The highest BCUT2D eigenvalue weighted by Crippen LogP contribution is 2.28. The quantitative estimate of drug-likeness (QED) is 0.665. The lowest BCUT2D eigenvalue weighted by atomic mass is 10.1. The van der Waals surface area contributed by atoms with E-state index in [9.17, 15) is 24.8 Å². The van der Waals surface area contributed by atoms with Crippen LogP contribution in [-0.4, -0.2) is 27.7 Å². The number of hydrogen-bond acceptors (Lipinski definition) is 6. The van der Waals surface area contributed by atoms with Gasteiger partial charge in [0.2, 0.25) is 0 Å². The van der Waals surface area contributed by atoms with Crippen LogP contribution in [0.1, 0.15) is 9.67 Å². The monoisotopic (exact) mass is 310 g/mol. The van der Waals surface area contributed by atoms with E-state index in [4.69, 9.17) is 4.74 Å². The number of carboxylic acid groups (broad SMARTS) is 1. The van der Waals surface area contributed by atoms with Crippen molar-refractivity contribution < 1.29 is 19.6 Å². The molecule has 0 amide bonds. The highest BCUT2D eigenvalue weighted by Gasteiger charge is 2.22. The van der Waals surface area contributed by atoms with Crippen LogP contribution in [0, 0.1) is 10.1 Å². The van der Waals surface area contributed by atoms with Crippen LogP contribution < -0.4 is 4.87 Å². The third-order valence-electron chi connectivity index (χ3n) is 2.68. The number of nitro benzene ring substituents is 1. The van der Waals surface area contributed by atoms with E-state index in [0.29, 0.717) is 11.3 Å². The smallest absolute Gasteiger partial charge is 0.348 e. The van der Waals surface area contributed by atoms with Gasteiger partial charge in [-0.2, -0.15) is 0 Å². The highest BCUT2D eigenvalue weighted by molar-refractivity contribution is 7.11. The predicted octanol–water partition coefficient (Wildman–Crippen LogP) is 1.79. The second-order valence-electron chi connectivity index (χ2n) is 4.00. The molecule has 0 aliphatic rings. The topological polar surface area (TPSA) is 112 Å². The molecule has 1 aromatic heterocycles. The summed E-state index contributed by atoms with van der Waals surface area (Å²) in [5.41, 5.74) is 0.187. The molecule has 0 aliphatic carbocycles. The van der Waals surface area contributed by atoms with Crippen molar-refractivity contribution in [3.63, 3.8) is 0 Å². The Hall–Kier alpha value is -2.52. The van der Waals surface area contributed by atoms with E-state index in [1.54, 1.807) is 0 Å². The van der Waals surface area contributed by atoms with Gasteiger partial charge in [0.05, 0.1) is 10.6 Å². The summed E-state index contributed by atoms with van der Waals surface area (Å²) in [6.07, 6.45) is 0.